The second kappa shape index (κ2) is 5.89. The van der Waals surface area contributed by atoms with Gasteiger partial charge in [0.1, 0.15) is 5.82 Å². The maximum absolute atomic E-state index is 13.0. The largest absolute Gasteiger partial charge is 0.419 e. The third-order valence-electron chi connectivity index (χ3n) is 3.53. The smallest absolute Gasteiger partial charge is 0.369 e. The molecule has 2 rings (SSSR count). The molecule has 112 valence electrons. The molecule has 3 nitrogen and oxygen atoms in total. The first-order chi connectivity index (χ1) is 9.30. The quantitative estimate of drug-likeness (QED) is 0.872. The molecule has 0 radical (unpaired) electrons. The lowest BCUT2D eigenvalue weighted by Gasteiger charge is -2.34. The third-order valence-corrected chi connectivity index (χ3v) is 3.96. The van der Waals surface area contributed by atoms with Gasteiger partial charge in [0, 0.05) is 23.8 Å². The maximum Gasteiger partial charge on any atom is 0.419 e. The average Bonchev–Trinajstić information content (AvgIpc) is 2.37. The molecule has 1 aliphatic rings. The zero-order valence-electron chi connectivity index (χ0n) is 11.1. The highest BCUT2D eigenvalue weighted by molar-refractivity contribution is 9.10. The van der Waals surface area contributed by atoms with E-state index in [2.05, 4.69) is 38.5 Å². The topological polar surface area (TPSA) is 37.0 Å². The molecule has 0 aliphatic carbocycles. The summed E-state index contributed by atoms with van der Waals surface area (Å²) in [6.45, 7) is 4.31. The Hall–Kier alpha value is -0.820. The predicted molar refractivity (Wildman–Crippen MR) is 75.6 cm³/mol. The Labute approximate surface area is 124 Å². The number of anilines is 1. The molecule has 2 heterocycles. The van der Waals surface area contributed by atoms with Crippen LogP contribution in [0.15, 0.2) is 16.7 Å². The molecular weight excluding hydrogens is 335 g/mol. The van der Waals surface area contributed by atoms with Gasteiger partial charge in [-0.1, -0.05) is 6.92 Å². The van der Waals surface area contributed by atoms with E-state index in [-0.39, 0.29) is 11.2 Å². The fraction of sp³-hybridized carbons (Fsp3) is 0.615. The van der Waals surface area contributed by atoms with Crippen molar-refractivity contribution in [3.63, 3.8) is 0 Å². The number of hydrogen-bond acceptors (Lipinski definition) is 3. The van der Waals surface area contributed by atoms with Crippen molar-refractivity contribution < 1.29 is 13.2 Å². The highest BCUT2D eigenvalue weighted by atomic mass is 79.9. The van der Waals surface area contributed by atoms with Crippen LogP contribution in [0.5, 0.6) is 0 Å². The molecule has 1 unspecified atom stereocenters. The van der Waals surface area contributed by atoms with Crippen molar-refractivity contribution in [3.05, 3.63) is 22.3 Å². The normalized spacial score (nSPS) is 23.6. The zero-order chi connectivity index (χ0) is 14.8. The molecule has 20 heavy (non-hydrogen) atoms. The van der Waals surface area contributed by atoms with Crippen molar-refractivity contribution in [1.82, 2.24) is 10.3 Å². The van der Waals surface area contributed by atoms with E-state index in [1.807, 2.05) is 0 Å². The summed E-state index contributed by atoms with van der Waals surface area (Å²) in [7, 11) is 0. The van der Waals surface area contributed by atoms with Gasteiger partial charge in [0.25, 0.3) is 0 Å². The number of pyridine rings is 1. The van der Waals surface area contributed by atoms with Crippen molar-refractivity contribution in [1.29, 1.82) is 0 Å². The van der Waals surface area contributed by atoms with Crippen LogP contribution in [-0.2, 0) is 6.18 Å². The summed E-state index contributed by atoms with van der Waals surface area (Å²) in [5.74, 6) is -0.104. The lowest BCUT2D eigenvalue weighted by molar-refractivity contribution is -0.137. The van der Waals surface area contributed by atoms with Crippen LogP contribution in [0.4, 0.5) is 19.0 Å². The first kappa shape index (κ1) is 15.6. The van der Waals surface area contributed by atoms with Crippen LogP contribution in [0.25, 0.3) is 0 Å². The van der Waals surface area contributed by atoms with Crippen LogP contribution < -0.4 is 10.6 Å². The van der Waals surface area contributed by atoms with E-state index in [1.54, 1.807) is 0 Å². The Morgan fingerprint density at radius 2 is 2.25 bits per heavy atom. The van der Waals surface area contributed by atoms with Gasteiger partial charge >= 0.3 is 6.18 Å². The van der Waals surface area contributed by atoms with Gasteiger partial charge in [-0.3, -0.25) is 0 Å². The highest BCUT2D eigenvalue weighted by Crippen LogP contribution is 2.36. The number of nitrogens with zero attached hydrogens (tertiary/aromatic N) is 1. The minimum Gasteiger partial charge on any atom is -0.369 e. The van der Waals surface area contributed by atoms with Crippen molar-refractivity contribution >= 4 is 21.7 Å². The summed E-state index contributed by atoms with van der Waals surface area (Å²) in [4.78, 5) is 3.86. The van der Waals surface area contributed by atoms with E-state index in [4.69, 9.17) is 0 Å². The Balaban J connectivity index is 2.13. The number of nitrogens with one attached hydrogen (secondary N) is 2. The van der Waals surface area contributed by atoms with Gasteiger partial charge in [-0.05, 0) is 46.8 Å². The van der Waals surface area contributed by atoms with Crippen molar-refractivity contribution in [2.45, 2.75) is 25.9 Å². The molecular formula is C13H17BrF3N3. The molecule has 0 saturated carbocycles. The van der Waals surface area contributed by atoms with Crippen LogP contribution >= 0.6 is 15.9 Å². The number of halogens is 4. The number of piperidine rings is 1. The van der Waals surface area contributed by atoms with E-state index < -0.39 is 11.7 Å². The molecule has 2 N–H and O–H groups in total. The average molecular weight is 352 g/mol. The number of hydrogen-bond donors (Lipinski definition) is 2. The molecule has 1 aliphatic heterocycles. The van der Waals surface area contributed by atoms with E-state index in [1.165, 1.54) is 6.20 Å². The molecule has 1 atom stereocenters. The summed E-state index contributed by atoms with van der Waals surface area (Å²) in [5.41, 5.74) is -0.783. The Morgan fingerprint density at radius 1 is 1.50 bits per heavy atom. The minimum atomic E-state index is -4.41. The molecule has 1 aromatic heterocycles. The number of rotatable bonds is 3. The van der Waals surface area contributed by atoms with Gasteiger partial charge in [-0.25, -0.2) is 4.98 Å². The lowest BCUT2D eigenvalue weighted by Crippen LogP contribution is -2.42. The molecule has 0 bridgehead atoms. The molecule has 1 aromatic rings. The SMILES string of the molecule is CC1(CNc2ncc(Br)cc2C(F)(F)F)CCCNC1. The minimum absolute atomic E-state index is 0.0458. The summed E-state index contributed by atoms with van der Waals surface area (Å²) in [5, 5.41) is 6.14. The van der Waals surface area contributed by atoms with Gasteiger partial charge in [0.2, 0.25) is 0 Å². The summed E-state index contributed by atoms with van der Waals surface area (Å²) >= 11 is 3.03. The zero-order valence-corrected chi connectivity index (χ0v) is 12.7. The van der Waals surface area contributed by atoms with E-state index in [0.717, 1.165) is 32.0 Å². The first-order valence-corrected chi connectivity index (χ1v) is 7.27. The van der Waals surface area contributed by atoms with Crippen LogP contribution in [0.2, 0.25) is 0 Å². The highest BCUT2D eigenvalue weighted by Gasteiger charge is 2.35. The van der Waals surface area contributed by atoms with Gasteiger partial charge in [0.15, 0.2) is 0 Å². The Kier molecular flexibility index (Phi) is 4.59. The fourth-order valence-corrected chi connectivity index (χ4v) is 2.69. The van der Waals surface area contributed by atoms with E-state index in [0.29, 0.717) is 11.0 Å². The van der Waals surface area contributed by atoms with Crippen LogP contribution in [0, 0.1) is 5.41 Å². The molecule has 0 amide bonds. The van der Waals surface area contributed by atoms with Crippen molar-refractivity contribution in [3.8, 4) is 0 Å². The van der Waals surface area contributed by atoms with Gasteiger partial charge < -0.3 is 10.6 Å². The fourth-order valence-electron chi connectivity index (χ4n) is 2.36. The molecule has 7 heteroatoms. The summed E-state index contributed by atoms with van der Waals surface area (Å²) < 4.78 is 39.2. The lowest BCUT2D eigenvalue weighted by atomic mass is 9.83. The molecule has 0 aromatic carbocycles. The number of alkyl halides is 3. The maximum atomic E-state index is 13.0. The first-order valence-electron chi connectivity index (χ1n) is 6.48. The second-order valence-electron chi connectivity index (χ2n) is 5.49. The van der Waals surface area contributed by atoms with E-state index >= 15 is 0 Å². The monoisotopic (exact) mass is 351 g/mol. The molecule has 0 spiro atoms. The Bertz CT molecular complexity index is 470. The predicted octanol–water partition coefficient (Wildman–Crippen LogP) is 3.66. The van der Waals surface area contributed by atoms with E-state index in [9.17, 15) is 13.2 Å². The van der Waals surface area contributed by atoms with Crippen LogP contribution in [-0.4, -0.2) is 24.6 Å². The Morgan fingerprint density at radius 3 is 2.85 bits per heavy atom. The third kappa shape index (κ3) is 3.85. The van der Waals surface area contributed by atoms with Gasteiger partial charge in [-0.2, -0.15) is 13.2 Å². The van der Waals surface area contributed by atoms with Crippen molar-refractivity contribution in [2.24, 2.45) is 5.41 Å². The number of aromatic nitrogens is 1. The van der Waals surface area contributed by atoms with Gasteiger partial charge in [0.05, 0.1) is 5.56 Å². The second-order valence-corrected chi connectivity index (χ2v) is 6.41. The van der Waals surface area contributed by atoms with Crippen LogP contribution in [0.3, 0.4) is 0 Å². The summed E-state index contributed by atoms with van der Waals surface area (Å²) in [6.07, 6.45) is -1.01. The van der Waals surface area contributed by atoms with Crippen molar-refractivity contribution in [2.75, 3.05) is 25.0 Å². The molecule has 1 saturated heterocycles. The van der Waals surface area contributed by atoms with Gasteiger partial charge in [-0.15, -0.1) is 0 Å². The summed E-state index contributed by atoms with van der Waals surface area (Å²) in [6, 6.07) is 1.05. The van der Waals surface area contributed by atoms with Crippen LogP contribution in [0.1, 0.15) is 25.3 Å². The molecule has 1 fully saturated rings. The standard InChI is InChI=1S/C13H17BrF3N3/c1-12(3-2-4-18-7-12)8-20-11-10(13(15,16)17)5-9(14)6-19-11/h5-6,18H,2-4,7-8H2,1H3,(H,19,20).